The zero-order valence-electron chi connectivity index (χ0n) is 7.27. The fraction of sp³-hybridized carbons (Fsp3) is 0. The summed E-state index contributed by atoms with van der Waals surface area (Å²) >= 11 is 0. The summed E-state index contributed by atoms with van der Waals surface area (Å²) in [7, 11) is 0. The van der Waals surface area contributed by atoms with Crippen molar-refractivity contribution in [2.75, 3.05) is 0 Å². The van der Waals surface area contributed by atoms with Crippen LogP contribution in [-0.4, -0.2) is 23.9 Å². The molecule has 76 valence electrons. The Morgan fingerprint density at radius 2 is 0.643 bits per heavy atom. The maximum Gasteiger partial charge on any atom is 1.00 e. The molecule has 0 aliphatic carbocycles. The van der Waals surface area contributed by atoms with Crippen LogP contribution in [0.25, 0.3) is 0 Å². The van der Waals surface area contributed by atoms with Crippen LogP contribution in [0.5, 0.6) is 0 Å². The van der Waals surface area contributed by atoms with Crippen LogP contribution in [0, 0.1) is 0 Å². The Morgan fingerprint density at radius 3 is 0.643 bits per heavy atom. The number of carboxylic acid groups (broad SMARTS) is 4. The van der Waals surface area contributed by atoms with Gasteiger partial charge in [0, 0.05) is 0 Å². The maximum absolute atomic E-state index is 8.93. The minimum atomic E-state index is -2.19. The van der Waals surface area contributed by atoms with Gasteiger partial charge >= 0.3 is 51.4 Å². The van der Waals surface area contributed by atoms with Crippen molar-refractivity contribution in [3.05, 3.63) is 0 Å². The first-order valence-electron chi connectivity index (χ1n) is 2.13. The van der Waals surface area contributed by atoms with Crippen molar-refractivity contribution in [2.24, 2.45) is 0 Å². The Kier molecular flexibility index (Phi) is 20.8. The van der Waals surface area contributed by atoms with E-state index in [0.717, 1.165) is 0 Å². The zero-order valence-corrected chi connectivity index (χ0v) is 10.4. The van der Waals surface area contributed by atoms with E-state index >= 15 is 0 Å². The van der Waals surface area contributed by atoms with Gasteiger partial charge in [-0.1, -0.05) is 0 Å². The van der Waals surface area contributed by atoms with Crippen LogP contribution >= 0.6 is 0 Å². The zero-order chi connectivity index (χ0) is 10.3. The number of hydrogen-bond donors (Lipinski definition) is 1. The number of aliphatic carboxylic acids is 4. The molecule has 0 aliphatic rings. The second-order valence-electron chi connectivity index (χ2n) is 1.15. The second-order valence-corrected chi connectivity index (χ2v) is 1.15. The van der Waals surface area contributed by atoms with Gasteiger partial charge in [0.05, 0.1) is 23.9 Å². The standard InChI is InChI=1S/2C2H2O4.K.H3N/c2*3-1(4)2(5)6;;/h2*(H,3,4)(H,5,6);;1H3/q;;+1;/p-3. The third-order valence-corrected chi connectivity index (χ3v) is 0.333. The summed E-state index contributed by atoms with van der Waals surface area (Å²) in [6, 6.07) is 0. The Balaban J connectivity index is -0.0000000625. The fourth-order valence-corrected chi connectivity index (χ4v) is 0. The predicted octanol–water partition coefficient (Wildman–Crippen LogP) is -9.65. The first kappa shape index (κ1) is 23.4. The summed E-state index contributed by atoms with van der Waals surface area (Å²) < 4.78 is 0. The molecule has 0 unspecified atom stereocenters. The quantitative estimate of drug-likeness (QED) is 0.314. The number of hydrogen-bond acceptors (Lipinski definition) is 8. The molecule has 0 saturated carbocycles. The molecule has 0 fully saturated rings. The molecule has 0 aromatic rings. The van der Waals surface area contributed by atoms with Crippen LogP contribution in [0.3, 0.4) is 0 Å². The van der Waals surface area contributed by atoms with E-state index in [0.29, 0.717) is 0 Å². The van der Waals surface area contributed by atoms with Crippen LogP contribution in [0.15, 0.2) is 0 Å². The molecule has 0 bridgehead atoms. The van der Waals surface area contributed by atoms with Gasteiger partial charge in [0.15, 0.2) is 0 Å². The molecule has 10 heteroatoms. The monoisotopic (exact) mass is 233 g/mol. The van der Waals surface area contributed by atoms with Gasteiger partial charge in [-0.15, -0.1) is 0 Å². The van der Waals surface area contributed by atoms with Gasteiger partial charge in [-0.25, -0.2) is 0 Å². The van der Waals surface area contributed by atoms with Gasteiger partial charge in [-0.05, 0) is 0 Å². The van der Waals surface area contributed by atoms with E-state index in [1.54, 1.807) is 0 Å². The Hall–Kier alpha value is -0.524. The van der Waals surface area contributed by atoms with Gasteiger partial charge in [0.1, 0.15) is 0 Å². The van der Waals surface area contributed by atoms with Crippen molar-refractivity contribution in [1.82, 2.24) is 6.15 Å². The van der Waals surface area contributed by atoms with Crippen molar-refractivity contribution < 1.29 is 91.0 Å². The molecule has 0 rings (SSSR count). The molecule has 9 nitrogen and oxygen atoms in total. The van der Waals surface area contributed by atoms with E-state index in [9.17, 15) is 0 Å². The largest absolute Gasteiger partial charge is 1.00 e. The normalized spacial score (nSPS) is 6.29. The SMILES string of the molecule is O=C([O-])C(=O)[O-].O=C([O-])C(=O)[O-].[K+].[NH4+]. The minimum Gasteiger partial charge on any atom is -0.543 e. The van der Waals surface area contributed by atoms with Crippen LogP contribution < -0.4 is 78.0 Å². The molecule has 0 heterocycles. The average Bonchev–Trinajstić information content (AvgIpc) is 1.88. The van der Waals surface area contributed by atoms with Gasteiger partial charge in [0.2, 0.25) is 0 Å². The molecule has 4 N–H and O–H groups in total. The average molecular weight is 233 g/mol. The third kappa shape index (κ3) is 22.5. The topological polar surface area (TPSA) is 197 Å². The first-order valence-corrected chi connectivity index (χ1v) is 2.13. The molecule has 0 radical (unpaired) electrons. The molecule has 0 aliphatic heterocycles. The van der Waals surface area contributed by atoms with Crippen molar-refractivity contribution in [3.8, 4) is 0 Å². The smallest absolute Gasteiger partial charge is 0.543 e. The van der Waals surface area contributed by atoms with E-state index in [1.807, 2.05) is 0 Å². The number of quaternary nitrogens is 1. The Bertz CT molecular complexity index is 177. The molecular formula is C4H4KNO8-2. The molecule has 0 aromatic heterocycles. The van der Waals surface area contributed by atoms with Crippen LogP contribution in [0.2, 0.25) is 0 Å². The number of carboxylic acids is 4. The van der Waals surface area contributed by atoms with E-state index < -0.39 is 23.9 Å². The molecule has 0 spiro atoms. The van der Waals surface area contributed by atoms with Crippen molar-refractivity contribution >= 4 is 23.9 Å². The van der Waals surface area contributed by atoms with Crippen LogP contribution in [-0.2, 0) is 19.2 Å². The fourth-order valence-electron chi connectivity index (χ4n) is 0. The molecule has 0 aromatic carbocycles. The Labute approximate surface area is 120 Å². The number of carbonyl (C=O) groups excluding carboxylic acids is 4. The molecule has 0 atom stereocenters. The molecule has 0 saturated heterocycles. The number of carbonyl (C=O) groups is 4. The van der Waals surface area contributed by atoms with Gasteiger partial charge in [-0.3, -0.25) is 0 Å². The first-order chi connectivity index (χ1) is 5.29. The minimum absolute atomic E-state index is 0. The van der Waals surface area contributed by atoms with Crippen molar-refractivity contribution in [2.45, 2.75) is 0 Å². The van der Waals surface area contributed by atoms with Gasteiger partial charge in [-0.2, -0.15) is 0 Å². The summed E-state index contributed by atoms with van der Waals surface area (Å²) in [5.74, 6) is -8.74. The van der Waals surface area contributed by atoms with Crippen LogP contribution in [0.4, 0.5) is 0 Å². The second kappa shape index (κ2) is 12.5. The summed E-state index contributed by atoms with van der Waals surface area (Å²) in [4.78, 5) is 35.7. The maximum atomic E-state index is 8.93. The molecular weight excluding hydrogens is 229 g/mol. The van der Waals surface area contributed by atoms with E-state index in [1.165, 1.54) is 0 Å². The summed E-state index contributed by atoms with van der Waals surface area (Å²) in [5, 5.41) is 35.7. The Morgan fingerprint density at radius 1 is 0.571 bits per heavy atom. The van der Waals surface area contributed by atoms with E-state index in [-0.39, 0.29) is 57.5 Å². The van der Waals surface area contributed by atoms with E-state index in [4.69, 9.17) is 39.6 Å². The summed E-state index contributed by atoms with van der Waals surface area (Å²) in [6.07, 6.45) is 0. The van der Waals surface area contributed by atoms with E-state index in [2.05, 4.69) is 0 Å². The molecule has 0 amide bonds. The van der Waals surface area contributed by atoms with Crippen molar-refractivity contribution in [1.29, 1.82) is 0 Å². The summed E-state index contributed by atoms with van der Waals surface area (Å²) in [5.41, 5.74) is 0. The predicted molar refractivity (Wildman–Crippen MR) is 26.0 cm³/mol. The third-order valence-electron chi connectivity index (χ3n) is 0.333. The summed E-state index contributed by atoms with van der Waals surface area (Å²) in [6.45, 7) is 0. The van der Waals surface area contributed by atoms with Crippen LogP contribution in [0.1, 0.15) is 0 Å². The van der Waals surface area contributed by atoms with Crippen molar-refractivity contribution in [3.63, 3.8) is 0 Å². The number of rotatable bonds is 0. The van der Waals surface area contributed by atoms with Gasteiger partial charge in [0.25, 0.3) is 0 Å². The van der Waals surface area contributed by atoms with Gasteiger partial charge < -0.3 is 45.8 Å². The molecule has 14 heavy (non-hydrogen) atoms.